The van der Waals surface area contributed by atoms with Crippen LogP contribution in [0.1, 0.15) is 42.5 Å². The predicted octanol–water partition coefficient (Wildman–Crippen LogP) is 2.81. The number of nitrogens with one attached hydrogen (secondary N) is 1. The first-order chi connectivity index (χ1) is 10.2. The summed E-state index contributed by atoms with van der Waals surface area (Å²) < 4.78 is 0. The van der Waals surface area contributed by atoms with Crippen LogP contribution in [0.2, 0.25) is 0 Å². The van der Waals surface area contributed by atoms with Crippen molar-refractivity contribution in [1.29, 1.82) is 0 Å². The summed E-state index contributed by atoms with van der Waals surface area (Å²) >= 11 is 0. The zero-order valence-corrected chi connectivity index (χ0v) is 12.1. The summed E-state index contributed by atoms with van der Waals surface area (Å²) in [4.78, 5) is 12.2. The highest BCUT2D eigenvalue weighted by atomic mass is 16.2. The van der Waals surface area contributed by atoms with Gasteiger partial charge in [-0.25, -0.2) is 5.43 Å². The van der Waals surface area contributed by atoms with Crippen molar-refractivity contribution in [3.63, 3.8) is 0 Å². The van der Waals surface area contributed by atoms with Gasteiger partial charge in [-0.3, -0.25) is 4.79 Å². The molecule has 4 fully saturated rings. The highest BCUT2D eigenvalue weighted by molar-refractivity contribution is 5.97. The zero-order valence-electron chi connectivity index (χ0n) is 12.1. The van der Waals surface area contributed by atoms with Crippen molar-refractivity contribution in [2.24, 2.45) is 28.8 Å². The minimum Gasteiger partial charge on any atom is -0.399 e. The Morgan fingerprint density at radius 3 is 2.38 bits per heavy atom. The van der Waals surface area contributed by atoms with Crippen LogP contribution in [-0.2, 0) is 0 Å². The van der Waals surface area contributed by atoms with Crippen molar-refractivity contribution in [1.82, 2.24) is 5.43 Å². The number of anilines is 1. The van der Waals surface area contributed by atoms with Crippen LogP contribution in [0.25, 0.3) is 0 Å². The van der Waals surface area contributed by atoms with Crippen LogP contribution in [0.3, 0.4) is 0 Å². The second kappa shape index (κ2) is 4.86. The third kappa shape index (κ3) is 2.33. The Morgan fingerprint density at radius 1 is 1.10 bits per heavy atom. The van der Waals surface area contributed by atoms with Crippen molar-refractivity contribution < 1.29 is 4.79 Å². The smallest absolute Gasteiger partial charge is 0.271 e. The molecule has 0 unspecified atom stereocenters. The van der Waals surface area contributed by atoms with Gasteiger partial charge >= 0.3 is 0 Å². The summed E-state index contributed by atoms with van der Waals surface area (Å²) in [5, 5.41) is 4.50. The van der Waals surface area contributed by atoms with Crippen LogP contribution < -0.4 is 11.2 Å². The van der Waals surface area contributed by atoms with Crippen molar-refractivity contribution in [2.45, 2.75) is 32.1 Å². The number of amides is 1. The number of carbonyl (C=O) groups is 1. The molecular formula is C17H21N3O. The van der Waals surface area contributed by atoms with Gasteiger partial charge < -0.3 is 5.73 Å². The first kappa shape index (κ1) is 12.9. The van der Waals surface area contributed by atoms with Crippen LogP contribution >= 0.6 is 0 Å². The van der Waals surface area contributed by atoms with E-state index in [1.807, 2.05) is 0 Å². The van der Waals surface area contributed by atoms with E-state index in [1.165, 1.54) is 37.8 Å². The molecule has 1 aromatic rings. The quantitative estimate of drug-likeness (QED) is 0.647. The largest absolute Gasteiger partial charge is 0.399 e. The number of hydrogen-bond acceptors (Lipinski definition) is 3. The molecule has 1 aromatic carbocycles. The number of nitrogens with two attached hydrogens (primary N) is 1. The minimum absolute atomic E-state index is 0.163. The van der Waals surface area contributed by atoms with E-state index in [-0.39, 0.29) is 5.91 Å². The van der Waals surface area contributed by atoms with Gasteiger partial charge in [0.2, 0.25) is 0 Å². The van der Waals surface area contributed by atoms with Crippen molar-refractivity contribution in [3.8, 4) is 0 Å². The van der Waals surface area contributed by atoms with E-state index < -0.39 is 0 Å². The molecule has 4 saturated carbocycles. The molecule has 21 heavy (non-hydrogen) atoms. The molecule has 0 saturated heterocycles. The maximum atomic E-state index is 12.2. The maximum Gasteiger partial charge on any atom is 0.271 e. The zero-order chi connectivity index (χ0) is 14.4. The summed E-state index contributed by atoms with van der Waals surface area (Å²) in [5.41, 5.74) is 10.9. The fraction of sp³-hybridized carbons (Fsp3) is 0.529. The Morgan fingerprint density at radius 2 is 1.76 bits per heavy atom. The number of nitrogens with zero attached hydrogens (tertiary/aromatic N) is 1. The van der Waals surface area contributed by atoms with Crippen molar-refractivity contribution in [3.05, 3.63) is 29.8 Å². The van der Waals surface area contributed by atoms with Gasteiger partial charge in [-0.05, 0) is 74.0 Å². The average Bonchev–Trinajstić information content (AvgIpc) is 2.45. The highest BCUT2D eigenvalue weighted by Gasteiger charge is 2.46. The van der Waals surface area contributed by atoms with E-state index in [0.29, 0.717) is 23.1 Å². The van der Waals surface area contributed by atoms with Gasteiger partial charge in [0, 0.05) is 17.0 Å². The molecule has 4 heteroatoms. The first-order valence-corrected chi connectivity index (χ1v) is 7.92. The third-order valence-electron chi connectivity index (χ3n) is 5.41. The minimum atomic E-state index is -0.163. The lowest BCUT2D eigenvalue weighted by atomic mass is 9.55. The molecule has 5 rings (SSSR count). The van der Waals surface area contributed by atoms with Crippen molar-refractivity contribution >= 4 is 17.3 Å². The summed E-state index contributed by atoms with van der Waals surface area (Å²) in [5.74, 6) is 2.89. The molecule has 0 aliphatic heterocycles. The molecule has 4 aliphatic rings. The Balaban J connectivity index is 1.49. The molecular weight excluding hydrogens is 262 g/mol. The average molecular weight is 283 g/mol. The molecule has 1 amide bonds. The Bertz CT molecular complexity index is 578. The molecule has 110 valence electrons. The van der Waals surface area contributed by atoms with Crippen LogP contribution in [0.15, 0.2) is 29.4 Å². The lowest BCUT2D eigenvalue weighted by molar-refractivity contribution is 0.0942. The van der Waals surface area contributed by atoms with E-state index >= 15 is 0 Å². The lowest BCUT2D eigenvalue weighted by Crippen LogP contribution is -2.46. The molecule has 0 spiro atoms. The maximum absolute atomic E-state index is 12.2. The predicted molar refractivity (Wildman–Crippen MR) is 82.8 cm³/mol. The van der Waals surface area contributed by atoms with E-state index in [2.05, 4.69) is 10.5 Å². The summed E-state index contributed by atoms with van der Waals surface area (Å²) in [6.07, 6.45) is 6.54. The molecule has 0 heterocycles. The molecule has 4 bridgehead atoms. The Labute approximate surface area is 124 Å². The van der Waals surface area contributed by atoms with Gasteiger partial charge in [-0.15, -0.1) is 0 Å². The number of nitrogen functional groups attached to an aromatic ring is 1. The van der Waals surface area contributed by atoms with Gasteiger partial charge in [-0.1, -0.05) is 6.07 Å². The number of carbonyl (C=O) groups excluding carboxylic acids is 1. The number of benzene rings is 1. The fourth-order valence-electron chi connectivity index (χ4n) is 4.71. The van der Waals surface area contributed by atoms with Crippen LogP contribution in [-0.4, -0.2) is 11.6 Å². The Hall–Kier alpha value is -1.84. The van der Waals surface area contributed by atoms with Crippen LogP contribution in [0.4, 0.5) is 5.69 Å². The summed E-state index contributed by atoms with van der Waals surface area (Å²) in [7, 11) is 0. The number of hydrogen-bond donors (Lipinski definition) is 2. The van der Waals surface area contributed by atoms with E-state index in [4.69, 9.17) is 5.73 Å². The van der Waals surface area contributed by atoms with Crippen LogP contribution in [0, 0.1) is 23.7 Å². The van der Waals surface area contributed by atoms with Gasteiger partial charge in [-0.2, -0.15) is 5.10 Å². The van der Waals surface area contributed by atoms with E-state index in [1.54, 1.807) is 24.3 Å². The molecule has 0 aromatic heterocycles. The van der Waals surface area contributed by atoms with Crippen LogP contribution in [0.5, 0.6) is 0 Å². The van der Waals surface area contributed by atoms with Gasteiger partial charge in [0.15, 0.2) is 0 Å². The van der Waals surface area contributed by atoms with Gasteiger partial charge in [0.05, 0.1) is 0 Å². The molecule has 0 radical (unpaired) electrons. The topological polar surface area (TPSA) is 67.5 Å². The summed E-state index contributed by atoms with van der Waals surface area (Å²) in [6, 6.07) is 7.02. The standard InChI is InChI=1S/C17H21N3O/c18-15-3-1-2-12(9-15)17(21)20-19-16-13-5-10-4-11(7-13)8-14(16)6-10/h1-3,9-11,13-14H,4-8,18H2,(H,20,21). The summed E-state index contributed by atoms with van der Waals surface area (Å²) in [6.45, 7) is 0. The second-order valence-electron chi connectivity index (χ2n) is 6.91. The normalized spacial score (nSPS) is 33.0. The fourth-order valence-corrected chi connectivity index (χ4v) is 4.71. The highest BCUT2D eigenvalue weighted by Crippen LogP contribution is 2.52. The first-order valence-electron chi connectivity index (χ1n) is 7.92. The Kier molecular flexibility index (Phi) is 2.98. The van der Waals surface area contributed by atoms with Gasteiger partial charge in [0.25, 0.3) is 5.91 Å². The number of hydrazone groups is 1. The second-order valence-corrected chi connectivity index (χ2v) is 6.91. The van der Waals surface area contributed by atoms with E-state index in [0.717, 1.165) is 11.8 Å². The molecule has 4 nitrogen and oxygen atoms in total. The molecule has 4 aliphatic carbocycles. The third-order valence-corrected chi connectivity index (χ3v) is 5.41. The van der Waals surface area contributed by atoms with Gasteiger partial charge in [0.1, 0.15) is 0 Å². The SMILES string of the molecule is Nc1cccc(C(=O)NN=C2C3CC4CC(C3)CC2C4)c1. The molecule has 0 atom stereocenters. The number of rotatable bonds is 2. The van der Waals surface area contributed by atoms with E-state index in [9.17, 15) is 4.79 Å². The monoisotopic (exact) mass is 283 g/mol. The van der Waals surface area contributed by atoms with Crippen molar-refractivity contribution in [2.75, 3.05) is 5.73 Å². The lowest BCUT2D eigenvalue weighted by Gasteiger charge is -2.50. The molecule has 3 N–H and O–H groups in total.